The smallest absolute Gasteiger partial charge is 0.223 e. The number of likely N-dealkylation sites (tertiary alicyclic amines) is 1. The van der Waals surface area contributed by atoms with E-state index in [4.69, 9.17) is 9.47 Å². The third kappa shape index (κ3) is 4.81. The van der Waals surface area contributed by atoms with E-state index >= 15 is 0 Å². The summed E-state index contributed by atoms with van der Waals surface area (Å²) in [5.74, 6) is 0.877. The zero-order valence-corrected chi connectivity index (χ0v) is 18.4. The van der Waals surface area contributed by atoms with Gasteiger partial charge in [-0.2, -0.15) is 0 Å². The Labute approximate surface area is 179 Å². The minimum Gasteiger partial charge on any atom is -0.507 e. The third-order valence-electron chi connectivity index (χ3n) is 5.80. The van der Waals surface area contributed by atoms with E-state index in [9.17, 15) is 9.90 Å². The van der Waals surface area contributed by atoms with Crippen LogP contribution in [0.4, 0.5) is 5.69 Å². The molecule has 1 unspecified atom stereocenters. The number of phenolic OH excluding ortho intramolecular Hbond substituents is 1. The maximum absolute atomic E-state index is 13.1. The van der Waals surface area contributed by atoms with Gasteiger partial charge in [-0.15, -0.1) is 0 Å². The van der Waals surface area contributed by atoms with Crippen LogP contribution in [0.25, 0.3) is 0 Å². The Hall–Kier alpha value is -2.89. The predicted molar refractivity (Wildman–Crippen MR) is 119 cm³/mol. The number of anilines is 1. The zero-order valence-electron chi connectivity index (χ0n) is 18.4. The molecule has 1 heterocycles. The highest BCUT2D eigenvalue weighted by Crippen LogP contribution is 2.43. The molecule has 0 saturated carbocycles. The van der Waals surface area contributed by atoms with Gasteiger partial charge in [-0.3, -0.25) is 4.79 Å². The summed E-state index contributed by atoms with van der Waals surface area (Å²) in [5, 5.41) is 10.8. The number of carbonyl (C=O) groups is 1. The average molecular weight is 413 g/mol. The first-order valence-corrected chi connectivity index (χ1v) is 10.4. The lowest BCUT2D eigenvalue weighted by Gasteiger charge is -2.29. The molecule has 0 aromatic heterocycles. The van der Waals surface area contributed by atoms with Crippen LogP contribution in [0.2, 0.25) is 0 Å². The molecule has 0 radical (unpaired) electrons. The monoisotopic (exact) mass is 412 g/mol. The molecule has 1 amide bonds. The summed E-state index contributed by atoms with van der Waals surface area (Å²) in [4.78, 5) is 17.1. The number of amides is 1. The van der Waals surface area contributed by atoms with Crippen molar-refractivity contribution in [1.29, 1.82) is 0 Å². The Balaban J connectivity index is 2.02. The van der Waals surface area contributed by atoms with Crippen LogP contribution in [0, 0.1) is 0 Å². The number of piperidine rings is 1. The lowest BCUT2D eigenvalue weighted by molar-refractivity contribution is -0.132. The van der Waals surface area contributed by atoms with Crippen molar-refractivity contribution in [1.82, 2.24) is 4.90 Å². The van der Waals surface area contributed by atoms with Crippen LogP contribution >= 0.6 is 0 Å². The van der Waals surface area contributed by atoms with Crippen LogP contribution in [0.1, 0.15) is 42.7 Å². The Morgan fingerprint density at radius 2 is 1.73 bits per heavy atom. The number of aromatic hydroxyl groups is 1. The number of nitrogens with zero attached hydrogens (tertiary/aromatic N) is 2. The molecule has 1 fully saturated rings. The summed E-state index contributed by atoms with van der Waals surface area (Å²) in [5.41, 5.74) is 2.65. The van der Waals surface area contributed by atoms with E-state index in [-0.39, 0.29) is 24.0 Å². The van der Waals surface area contributed by atoms with E-state index in [0.717, 1.165) is 37.2 Å². The van der Waals surface area contributed by atoms with Gasteiger partial charge in [0.15, 0.2) is 0 Å². The summed E-state index contributed by atoms with van der Waals surface area (Å²) < 4.78 is 10.9. The molecule has 2 aromatic rings. The maximum atomic E-state index is 13.1. The number of ether oxygens (including phenoxy) is 2. The second-order valence-electron chi connectivity index (χ2n) is 7.95. The molecule has 162 valence electrons. The second-order valence-corrected chi connectivity index (χ2v) is 7.95. The van der Waals surface area contributed by atoms with Crippen molar-refractivity contribution < 1.29 is 19.4 Å². The number of phenols is 1. The van der Waals surface area contributed by atoms with Crippen LogP contribution < -0.4 is 14.4 Å². The number of benzene rings is 2. The SMILES string of the molecule is COc1cc(O)c(C(CC(=O)N2CCCCC2)c2ccc(N(C)C)cc2)c(OC)c1. The van der Waals surface area contributed by atoms with Gasteiger partial charge in [0.05, 0.1) is 14.2 Å². The van der Waals surface area contributed by atoms with Gasteiger partial charge in [-0.05, 0) is 37.0 Å². The Kier molecular flexibility index (Phi) is 7.08. The Morgan fingerprint density at radius 3 is 2.30 bits per heavy atom. The molecule has 1 aliphatic heterocycles. The highest BCUT2D eigenvalue weighted by atomic mass is 16.5. The van der Waals surface area contributed by atoms with Gasteiger partial charge in [0.2, 0.25) is 5.91 Å². The fraction of sp³-hybridized carbons (Fsp3) is 0.458. The van der Waals surface area contributed by atoms with E-state index in [1.807, 2.05) is 48.2 Å². The van der Waals surface area contributed by atoms with Crippen LogP contribution in [0.5, 0.6) is 17.2 Å². The van der Waals surface area contributed by atoms with Crippen molar-refractivity contribution in [3.05, 3.63) is 47.5 Å². The van der Waals surface area contributed by atoms with Crippen molar-refractivity contribution in [2.75, 3.05) is 46.3 Å². The van der Waals surface area contributed by atoms with Gasteiger partial charge in [0, 0.05) is 62.9 Å². The zero-order chi connectivity index (χ0) is 21.7. The quantitative estimate of drug-likeness (QED) is 0.745. The van der Waals surface area contributed by atoms with Crippen molar-refractivity contribution in [3.63, 3.8) is 0 Å². The molecule has 6 heteroatoms. The number of rotatable bonds is 7. The van der Waals surface area contributed by atoms with E-state index < -0.39 is 0 Å². The molecule has 1 atom stereocenters. The molecule has 1 aliphatic rings. The van der Waals surface area contributed by atoms with Crippen LogP contribution in [-0.2, 0) is 4.79 Å². The summed E-state index contributed by atoms with van der Waals surface area (Å²) in [6, 6.07) is 11.4. The molecular formula is C24H32N2O4. The number of carbonyl (C=O) groups excluding carboxylic acids is 1. The Morgan fingerprint density at radius 1 is 1.07 bits per heavy atom. The minimum absolute atomic E-state index is 0.0688. The minimum atomic E-state index is -0.323. The van der Waals surface area contributed by atoms with Crippen molar-refractivity contribution in [3.8, 4) is 17.2 Å². The highest BCUT2D eigenvalue weighted by Gasteiger charge is 2.28. The van der Waals surface area contributed by atoms with Crippen LogP contribution in [0.15, 0.2) is 36.4 Å². The summed E-state index contributed by atoms with van der Waals surface area (Å²) in [7, 11) is 7.09. The molecule has 0 bridgehead atoms. The lowest BCUT2D eigenvalue weighted by atomic mass is 9.86. The standard InChI is InChI=1S/C24H32N2O4/c1-25(2)18-10-8-17(9-11-18)20(16-23(28)26-12-6-5-7-13-26)24-21(27)14-19(29-3)15-22(24)30-4/h8-11,14-15,20,27H,5-7,12-13,16H2,1-4H3. The van der Waals surface area contributed by atoms with Gasteiger partial charge in [0.1, 0.15) is 17.2 Å². The second kappa shape index (κ2) is 9.74. The van der Waals surface area contributed by atoms with E-state index in [2.05, 4.69) is 0 Å². The van der Waals surface area contributed by atoms with Crippen LogP contribution in [0.3, 0.4) is 0 Å². The van der Waals surface area contributed by atoms with Gasteiger partial charge in [-0.1, -0.05) is 12.1 Å². The van der Waals surface area contributed by atoms with Crippen molar-refractivity contribution in [2.45, 2.75) is 31.6 Å². The summed E-state index contributed by atoms with van der Waals surface area (Å²) >= 11 is 0. The van der Waals surface area contributed by atoms with Crippen LogP contribution in [-0.4, -0.2) is 57.3 Å². The maximum Gasteiger partial charge on any atom is 0.223 e. The first kappa shape index (κ1) is 21.8. The molecule has 1 N–H and O–H groups in total. The highest BCUT2D eigenvalue weighted by molar-refractivity contribution is 5.78. The van der Waals surface area contributed by atoms with Gasteiger partial charge in [0.25, 0.3) is 0 Å². The number of methoxy groups -OCH3 is 2. The molecule has 30 heavy (non-hydrogen) atoms. The fourth-order valence-corrected chi connectivity index (χ4v) is 4.06. The summed E-state index contributed by atoms with van der Waals surface area (Å²) in [6.07, 6.45) is 3.54. The molecule has 0 spiro atoms. The van der Waals surface area contributed by atoms with E-state index in [1.165, 1.54) is 6.42 Å². The molecule has 6 nitrogen and oxygen atoms in total. The van der Waals surface area contributed by atoms with Crippen molar-refractivity contribution >= 4 is 11.6 Å². The third-order valence-corrected chi connectivity index (χ3v) is 5.80. The number of hydrogen-bond donors (Lipinski definition) is 1. The molecular weight excluding hydrogens is 380 g/mol. The molecule has 1 saturated heterocycles. The largest absolute Gasteiger partial charge is 0.507 e. The number of hydrogen-bond acceptors (Lipinski definition) is 5. The van der Waals surface area contributed by atoms with E-state index in [0.29, 0.717) is 17.1 Å². The average Bonchev–Trinajstić information content (AvgIpc) is 2.77. The predicted octanol–water partition coefficient (Wildman–Crippen LogP) is 4.01. The first-order valence-electron chi connectivity index (χ1n) is 10.4. The van der Waals surface area contributed by atoms with Crippen molar-refractivity contribution in [2.24, 2.45) is 0 Å². The Bertz CT molecular complexity index is 858. The fourth-order valence-electron chi connectivity index (χ4n) is 4.06. The van der Waals surface area contributed by atoms with Gasteiger partial charge in [-0.25, -0.2) is 0 Å². The van der Waals surface area contributed by atoms with E-state index in [1.54, 1.807) is 26.4 Å². The normalized spacial score (nSPS) is 14.9. The molecule has 0 aliphatic carbocycles. The topological polar surface area (TPSA) is 62.2 Å². The summed E-state index contributed by atoms with van der Waals surface area (Å²) in [6.45, 7) is 1.60. The van der Waals surface area contributed by atoms with Gasteiger partial charge >= 0.3 is 0 Å². The first-order chi connectivity index (χ1) is 14.4. The van der Waals surface area contributed by atoms with Gasteiger partial charge < -0.3 is 24.4 Å². The molecule has 2 aromatic carbocycles. The molecule has 3 rings (SSSR count). The lowest BCUT2D eigenvalue weighted by Crippen LogP contribution is -2.36.